The maximum Gasteiger partial charge on any atom is 0.228 e. The van der Waals surface area contributed by atoms with E-state index in [0.29, 0.717) is 6.54 Å². The summed E-state index contributed by atoms with van der Waals surface area (Å²) in [5.41, 5.74) is 0.120. The average Bonchev–Trinajstić information content (AvgIpc) is 3.03. The fourth-order valence-electron chi connectivity index (χ4n) is 2.70. The van der Waals surface area contributed by atoms with Crippen LogP contribution < -0.4 is 0 Å². The van der Waals surface area contributed by atoms with Gasteiger partial charge in [-0.1, -0.05) is 30.3 Å². The summed E-state index contributed by atoms with van der Waals surface area (Å²) < 4.78 is 0. The molecular formula is C13H15NO2. The molecule has 0 aromatic heterocycles. The molecule has 3 heteroatoms. The molecule has 0 spiro atoms. The molecule has 0 radical (unpaired) electrons. The third-order valence-corrected chi connectivity index (χ3v) is 3.81. The summed E-state index contributed by atoms with van der Waals surface area (Å²) in [6.45, 7) is 2.27. The summed E-state index contributed by atoms with van der Waals surface area (Å²) in [7, 11) is 0. The maximum atomic E-state index is 11.9. The smallest absolute Gasteiger partial charge is 0.228 e. The normalized spacial score (nSPS) is 36.4. The van der Waals surface area contributed by atoms with Crippen LogP contribution in [0.3, 0.4) is 0 Å². The fraction of sp³-hybridized carbons (Fsp3) is 0.462. The molecule has 1 amide bonds. The van der Waals surface area contributed by atoms with E-state index in [-0.39, 0.29) is 17.7 Å². The Bertz CT molecular complexity index is 427. The summed E-state index contributed by atoms with van der Waals surface area (Å²) in [5.74, 6) is 0.348. The van der Waals surface area contributed by atoms with Crippen LogP contribution in [-0.4, -0.2) is 21.6 Å². The number of hydrogen-bond acceptors (Lipinski definition) is 2. The maximum absolute atomic E-state index is 11.9. The van der Waals surface area contributed by atoms with Gasteiger partial charge < -0.3 is 10.0 Å². The summed E-state index contributed by atoms with van der Waals surface area (Å²) in [6, 6.07) is 9.81. The Kier molecular flexibility index (Phi) is 1.89. The van der Waals surface area contributed by atoms with Gasteiger partial charge >= 0.3 is 0 Å². The molecule has 1 aliphatic heterocycles. The van der Waals surface area contributed by atoms with E-state index in [4.69, 9.17) is 0 Å². The standard InChI is InChI=1S/C13H15NO2/c1-13(16)11-7-10(11)12(15)14(13)8-9-5-3-2-4-6-9/h2-6,10-11,16H,7-8H2,1H3. The Balaban J connectivity index is 1.83. The van der Waals surface area contributed by atoms with Gasteiger partial charge in [0.1, 0.15) is 5.72 Å². The van der Waals surface area contributed by atoms with E-state index < -0.39 is 5.72 Å². The van der Waals surface area contributed by atoms with Crippen molar-refractivity contribution in [2.24, 2.45) is 11.8 Å². The second kappa shape index (κ2) is 3.08. The number of fused-ring (bicyclic) bond motifs is 1. The van der Waals surface area contributed by atoms with E-state index in [2.05, 4.69) is 0 Å². The Labute approximate surface area is 94.7 Å². The van der Waals surface area contributed by atoms with Crippen molar-refractivity contribution < 1.29 is 9.90 Å². The molecule has 16 heavy (non-hydrogen) atoms. The number of aliphatic hydroxyl groups is 1. The summed E-state index contributed by atoms with van der Waals surface area (Å²) in [5, 5.41) is 10.3. The molecule has 2 fully saturated rings. The predicted molar refractivity (Wildman–Crippen MR) is 59.2 cm³/mol. The van der Waals surface area contributed by atoms with Crippen molar-refractivity contribution in [1.29, 1.82) is 0 Å². The Morgan fingerprint density at radius 2 is 2.12 bits per heavy atom. The van der Waals surface area contributed by atoms with Crippen molar-refractivity contribution in [3.8, 4) is 0 Å². The van der Waals surface area contributed by atoms with Crippen LogP contribution >= 0.6 is 0 Å². The number of carbonyl (C=O) groups is 1. The minimum Gasteiger partial charge on any atom is -0.371 e. The Morgan fingerprint density at radius 3 is 2.69 bits per heavy atom. The lowest BCUT2D eigenvalue weighted by Gasteiger charge is -2.33. The van der Waals surface area contributed by atoms with E-state index >= 15 is 0 Å². The van der Waals surface area contributed by atoms with Crippen molar-refractivity contribution in [1.82, 2.24) is 4.90 Å². The molecule has 1 N–H and O–H groups in total. The molecule has 3 atom stereocenters. The number of piperidine rings is 1. The highest BCUT2D eigenvalue weighted by Gasteiger charge is 2.64. The van der Waals surface area contributed by atoms with Crippen LogP contribution in [0.25, 0.3) is 0 Å². The molecule has 84 valence electrons. The molecule has 1 heterocycles. The van der Waals surface area contributed by atoms with Gasteiger partial charge in [0.15, 0.2) is 0 Å². The summed E-state index contributed by atoms with van der Waals surface area (Å²) >= 11 is 0. The topological polar surface area (TPSA) is 40.5 Å². The van der Waals surface area contributed by atoms with E-state index in [1.807, 2.05) is 30.3 Å². The molecule has 3 nitrogen and oxygen atoms in total. The highest BCUT2D eigenvalue weighted by molar-refractivity contribution is 5.85. The molecule has 1 aromatic rings. The van der Waals surface area contributed by atoms with E-state index in [0.717, 1.165) is 12.0 Å². The zero-order valence-corrected chi connectivity index (χ0v) is 9.26. The molecule has 0 bridgehead atoms. The SMILES string of the molecule is CC1(O)C2CC2C(=O)N1Cc1ccccc1. The van der Waals surface area contributed by atoms with Crippen molar-refractivity contribution in [2.75, 3.05) is 0 Å². The van der Waals surface area contributed by atoms with Crippen molar-refractivity contribution >= 4 is 5.91 Å². The van der Waals surface area contributed by atoms with Crippen molar-refractivity contribution in [3.63, 3.8) is 0 Å². The van der Waals surface area contributed by atoms with Crippen molar-refractivity contribution in [3.05, 3.63) is 35.9 Å². The van der Waals surface area contributed by atoms with Gasteiger partial charge in [-0.15, -0.1) is 0 Å². The van der Waals surface area contributed by atoms with Gasteiger partial charge in [0.2, 0.25) is 5.91 Å². The van der Waals surface area contributed by atoms with E-state index in [1.54, 1.807) is 11.8 Å². The van der Waals surface area contributed by atoms with E-state index in [1.165, 1.54) is 0 Å². The Morgan fingerprint density at radius 1 is 1.44 bits per heavy atom. The van der Waals surface area contributed by atoms with Crippen LogP contribution in [0.5, 0.6) is 0 Å². The van der Waals surface area contributed by atoms with Gasteiger partial charge in [-0.2, -0.15) is 0 Å². The summed E-state index contributed by atoms with van der Waals surface area (Å²) in [4.78, 5) is 13.5. The number of hydrogen-bond donors (Lipinski definition) is 1. The lowest BCUT2D eigenvalue weighted by molar-refractivity contribution is -0.150. The molecule has 1 saturated heterocycles. The van der Waals surface area contributed by atoms with Gasteiger partial charge in [-0.25, -0.2) is 0 Å². The molecule has 1 aromatic carbocycles. The first-order valence-electron chi connectivity index (χ1n) is 5.68. The first-order valence-corrected chi connectivity index (χ1v) is 5.68. The molecule has 1 saturated carbocycles. The first kappa shape index (κ1) is 9.85. The van der Waals surface area contributed by atoms with Gasteiger partial charge in [0, 0.05) is 18.4 Å². The monoisotopic (exact) mass is 217 g/mol. The first-order chi connectivity index (χ1) is 7.60. The van der Waals surface area contributed by atoms with Crippen LogP contribution in [0.2, 0.25) is 0 Å². The zero-order chi connectivity index (χ0) is 11.3. The van der Waals surface area contributed by atoms with Gasteiger partial charge in [0.25, 0.3) is 0 Å². The predicted octanol–water partition coefficient (Wildman–Crippen LogP) is 1.37. The van der Waals surface area contributed by atoms with E-state index in [9.17, 15) is 9.90 Å². The van der Waals surface area contributed by atoms with Gasteiger partial charge in [0.05, 0.1) is 0 Å². The molecule has 2 aliphatic rings. The van der Waals surface area contributed by atoms with Crippen LogP contribution in [0.1, 0.15) is 18.9 Å². The number of nitrogens with zero attached hydrogens (tertiary/aromatic N) is 1. The third kappa shape index (κ3) is 1.28. The largest absolute Gasteiger partial charge is 0.371 e. The average molecular weight is 217 g/mol. The Hall–Kier alpha value is -1.35. The number of likely N-dealkylation sites (tertiary alicyclic amines) is 1. The lowest BCUT2D eigenvalue weighted by Crippen LogP contribution is -2.46. The van der Waals surface area contributed by atoms with Gasteiger partial charge in [-0.05, 0) is 18.9 Å². The number of rotatable bonds is 2. The molecule has 1 aliphatic carbocycles. The van der Waals surface area contributed by atoms with Crippen LogP contribution in [0, 0.1) is 11.8 Å². The molecule has 3 rings (SSSR count). The molecular weight excluding hydrogens is 202 g/mol. The van der Waals surface area contributed by atoms with Gasteiger partial charge in [-0.3, -0.25) is 4.79 Å². The highest BCUT2D eigenvalue weighted by atomic mass is 16.3. The minimum atomic E-state index is -0.947. The minimum absolute atomic E-state index is 0.0821. The quantitative estimate of drug-likeness (QED) is 0.813. The number of carbonyl (C=O) groups excluding carboxylic acids is 1. The fourth-order valence-corrected chi connectivity index (χ4v) is 2.70. The van der Waals surface area contributed by atoms with Crippen LogP contribution in [0.15, 0.2) is 30.3 Å². The van der Waals surface area contributed by atoms with Crippen LogP contribution in [0.4, 0.5) is 0 Å². The number of benzene rings is 1. The summed E-state index contributed by atoms with van der Waals surface area (Å²) in [6.07, 6.45) is 0.858. The highest BCUT2D eigenvalue weighted by Crippen LogP contribution is 2.55. The third-order valence-electron chi connectivity index (χ3n) is 3.81. The second-order valence-corrected chi connectivity index (χ2v) is 4.95. The van der Waals surface area contributed by atoms with Crippen LogP contribution in [-0.2, 0) is 11.3 Å². The van der Waals surface area contributed by atoms with Crippen molar-refractivity contribution in [2.45, 2.75) is 25.6 Å². The zero-order valence-electron chi connectivity index (χ0n) is 9.26. The number of amides is 1. The second-order valence-electron chi connectivity index (χ2n) is 4.95. The lowest BCUT2D eigenvalue weighted by atomic mass is 10.1. The molecule has 3 unspecified atom stereocenters.